The highest BCUT2D eigenvalue weighted by Crippen LogP contribution is 2.22. The van der Waals surface area contributed by atoms with Crippen molar-refractivity contribution in [1.82, 2.24) is 10.2 Å². The minimum Gasteiger partial charge on any atom is -0.466 e. The van der Waals surface area contributed by atoms with Gasteiger partial charge in [-0.2, -0.15) is 0 Å². The fraction of sp³-hybridized carbons (Fsp3) is 0.600. The molecule has 0 spiro atoms. The predicted molar refractivity (Wildman–Crippen MR) is 98.0 cm³/mol. The number of likely N-dealkylation sites (tertiary alicyclic amines) is 1. The lowest BCUT2D eigenvalue weighted by molar-refractivity contribution is -0.149. The summed E-state index contributed by atoms with van der Waals surface area (Å²) in [5, 5.41) is 3.16. The number of carbonyl (C=O) groups excluding carboxylic acids is 2. The number of rotatable bonds is 7. The van der Waals surface area contributed by atoms with Gasteiger partial charge in [-0.15, -0.1) is 0 Å². The van der Waals surface area contributed by atoms with Gasteiger partial charge in [0.1, 0.15) is 0 Å². The van der Waals surface area contributed by atoms with Crippen molar-refractivity contribution in [2.45, 2.75) is 39.7 Å². The highest BCUT2D eigenvalue weighted by Gasteiger charge is 2.27. The summed E-state index contributed by atoms with van der Waals surface area (Å²) in [7, 11) is 0. The maximum absolute atomic E-state index is 12.5. The Morgan fingerprint density at radius 3 is 2.40 bits per heavy atom. The zero-order valence-electron chi connectivity index (χ0n) is 15.5. The van der Waals surface area contributed by atoms with Crippen LogP contribution in [0.25, 0.3) is 0 Å². The maximum Gasteiger partial charge on any atom is 0.309 e. The summed E-state index contributed by atoms with van der Waals surface area (Å²) in [6.07, 6.45) is 1.52. The minimum atomic E-state index is -0.101. The first kappa shape index (κ1) is 19.4. The van der Waals surface area contributed by atoms with Crippen LogP contribution in [0.3, 0.4) is 0 Å². The number of nitrogens with one attached hydrogen (secondary N) is 1. The van der Waals surface area contributed by atoms with Crippen LogP contribution in [0.4, 0.5) is 0 Å². The monoisotopic (exact) mass is 346 g/mol. The van der Waals surface area contributed by atoms with Gasteiger partial charge in [0.15, 0.2) is 0 Å². The van der Waals surface area contributed by atoms with Crippen molar-refractivity contribution in [3.8, 4) is 0 Å². The molecule has 1 aliphatic heterocycles. The summed E-state index contributed by atoms with van der Waals surface area (Å²) in [5.41, 5.74) is 1.13. The van der Waals surface area contributed by atoms with Gasteiger partial charge in [0, 0.05) is 0 Å². The van der Waals surface area contributed by atoms with Crippen LogP contribution in [0.15, 0.2) is 30.3 Å². The average molecular weight is 346 g/mol. The van der Waals surface area contributed by atoms with Crippen LogP contribution in [0.2, 0.25) is 0 Å². The fourth-order valence-electron chi connectivity index (χ4n) is 3.30. The summed E-state index contributed by atoms with van der Waals surface area (Å²) >= 11 is 0. The van der Waals surface area contributed by atoms with Crippen LogP contribution in [0, 0.1) is 11.8 Å². The molecule has 1 N–H and O–H groups in total. The molecule has 1 saturated heterocycles. The van der Waals surface area contributed by atoms with Crippen molar-refractivity contribution < 1.29 is 14.3 Å². The molecule has 1 unspecified atom stereocenters. The van der Waals surface area contributed by atoms with Gasteiger partial charge in [-0.1, -0.05) is 44.2 Å². The topological polar surface area (TPSA) is 58.6 Å². The average Bonchev–Trinajstić information content (AvgIpc) is 2.61. The number of amides is 1. The first-order valence-corrected chi connectivity index (χ1v) is 9.24. The number of esters is 1. The van der Waals surface area contributed by atoms with E-state index in [0.717, 1.165) is 31.5 Å². The Morgan fingerprint density at radius 1 is 1.20 bits per heavy atom. The van der Waals surface area contributed by atoms with Gasteiger partial charge in [0.25, 0.3) is 0 Å². The Bertz CT molecular complexity index is 551. The van der Waals surface area contributed by atoms with Gasteiger partial charge in [-0.05, 0) is 44.3 Å². The van der Waals surface area contributed by atoms with E-state index < -0.39 is 0 Å². The lowest BCUT2D eigenvalue weighted by Crippen LogP contribution is -2.44. The summed E-state index contributed by atoms with van der Waals surface area (Å²) in [6, 6.07) is 10.1. The molecule has 1 amide bonds. The molecule has 5 nitrogen and oxygen atoms in total. The number of nitrogens with zero attached hydrogens (tertiary/aromatic N) is 1. The molecular formula is C20H30N2O3. The largest absolute Gasteiger partial charge is 0.466 e. The van der Waals surface area contributed by atoms with Gasteiger partial charge < -0.3 is 10.1 Å². The summed E-state index contributed by atoms with van der Waals surface area (Å²) in [5.74, 6) is 0.237. The Labute approximate surface area is 150 Å². The van der Waals surface area contributed by atoms with E-state index in [2.05, 4.69) is 36.2 Å². The van der Waals surface area contributed by atoms with Crippen LogP contribution in [-0.2, 0) is 14.3 Å². The van der Waals surface area contributed by atoms with E-state index in [9.17, 15) is 9.59 Å². The second-order valence-corrected chi connectivity index (χ2v) is 7.00. The molecule has 138 valence electrons. The lowest BCUT2D eigenvalue weighted by Gasteiger charge is -2.31. The van der Waals surface area contributed by atoms with Crippen molar-refractivity contribution in [3.05, 3.63) is 35.9 Å². The number of carbonyl (C=O) groups is 2. The van der Waals surface area contributed by atoms with E-state index in [1.54, 1.807) is 0 Å². The minimum absolute atomic E-state index is 0.0192. The summed E-state index contributed by atoms with van der Waals surface area (Å²) in [4.78, 5) is 26.4. The number of hydrogen-bond donors (Lipinski definition) is 1. The van der Waals surface area contributed by atoms with Crippen LogP contribution in [-0.4, -0.2) is 43.0 Å². The molecule has 0 saturated carbocycles. The molecular weight excluding hydrogens is 316 g/mol. The SMILES string of the molecule is CCOC(=O)C1CCN(CC(=O)NC(c2ccccc2)C(C)C)CC1. The second kappa shape index (κ2) is 9.56. The Hall–Kier alpha value is -1.88. The molecule has 5 heteroatoms. The summed E-state index contributed by atoms with van der Waals surface area (Å²) < 4.78 is 5.09. The van der Waals surface area contributed by atoms with Crippen molar-refractivity contribution in [2.75, 3.05) is 26.2 Å². The molecule has 0 aliphatic carbocycles. The number of hydrogen-bond acceptors (Lipinski definition) is 4. The Balaban J connectivity index is 1.83. The standard InChI is InChI=1S/C20H30N2O3/c1-4-25-20(24)17-10-12-22(13-11-17)14-18(23)21-19(15(2)3)16-8-6-5-7-9-16/h5-9,15,17,19H,4,10-14H2,1-3H3,(H,21,23). The molecule has 1 heterocycles. The first-order valence-electron chi connectivity index (χ1n) is 9.24. The van der Waals surface area contributed by atoms with Crippen LogP contribution in [0.5, 0.6) is 0 Å². The van der Waals surface area contributed by atoms with E-state index in [4.69, 9.17) is 4.74 Å². The molecule has 1 atom stereocenters. The molecule has 0 aromatic heterocycles. The zero-order valence-corrected chi connectivity index (χ0v) is 15.5. The molecule has 0 bridgehead atoms. The van der Waals surface area contributed by atoms with Crippen LogP contribution in [0.1, 0.15) is 45.2 Å². The normalized spacial score (nSPS) is 17.3. The molecule has 1 fully saturated rings. The summed E-state index contributed by atoms with van der Waals surface area (Å²) in [6.45, 7) is 8.38. The van der Waals surface area contributed by atoms with Crippen molar-refractivity contribution in [3.63, 3.8) is 0 Å². The van der Waals surface area contributed by atoms with E-state index >= 15 is 0 Å². The third-order valence-electron chi connectivity index (χ3n) is 4.72. The van der Waals surface area contributed by atoms with Crippen molar-refractivity contribution in [1.29, 1.82) is 0 Å². The second-order valence-electron chi connectivity index (χ2n) is 7.00. The molecule has 1 aromatic carbocycles. The number of piperidine rings is 1. The van der Waals surface area contributed by atoms with Gasteiger partial charge in [-0.3, -0.25) is 14.5 Å². The molecule has 25 heavy (non-hydrogen) atoms. The molecule has 0 radical (unpaired) electrons. The smallest absolute Gasteiger partial charge is 0.309 e. The lowest BCUT2D eigenvalue weighted by atomic mass is 9.95. The van der Waals surface area contributed by atoms with E-state index in [1.165, 1.54) is 0 Å². The van der Waals surface area contributed by atoms with Crippen LogP contribution >= 0.6 is 0 Å². The zero-order chi connectivity index (χ0) is 18.2. The third-order valence-corrected chi connectivity index (χ3v) is 4.72. The molecule has 1 aromatic rings. The number of ether oxygens (including phenoxy) is 1. The van der Waals surface area contributed by atoms with E-state index in [0.29, 0.717) is 19.1 Å². The van der Waals surface area contributed by atoms with E-state index in [1.807, 2.05) is 25.1 Å². The van der Waals surface area contributed by atoms with Gasteiger partial charge >= 0.3 is 5.97 Å². The Kier molecular flexibility index (Phi) is 7.44. The number of benzene rings is 1. The quantitative estimate of drug-likeness (QED) is 0.771. The molecule has 2 rings (SSSR count). The Morgan fingerprint density at radius 2 is 1.84 bits per heavy atom. The third kappa shape index (κ3) is 5.85. The van der Waals surface area contributed by atoms with Crippen molar-refractivity contribution >= 4 is 11.9 Å². The highest BCUT2D eigenvalue weighted by atomic mass is 16.5. The van der Waals surface area contributed by atoms with Gasteiger partial charge in [0.2, 0.25) is 5.91 Å². The van der Waals surface area contributed by atoms with Gasteiger partial charge in [0.05, 0.1) is 25.1 Å². The van der Waals surface area contributed by atoms with Crippen LogP contribution < -0.4 is 5.32 Å². The predicted octanol–water partition coefficient (Wildman–Crippen LogP) is 2.78. The van der Waals surface area contributed by atoms with Gasteiger partial charge in [-0.25, -0.2) is 0 Å². The van der Waals surface area contributed by atoms with E-state index in [-0.39, 0.29) is 23.8 Å². The maximum atomic E-state index is 12.5. The molecule has 1 aliphatic rings. The first-order chi connectivity index (χ1) is 12.0. The van der Waals surface area contributed by atoms with Crippen molar-refractivity contribution in [2.24, 2.45) is 11.8 Å². The highest BCUT2D eigenvalue weighted by molar-refractivity contribution is 5.78. The fourth-order valence-corrected chi connectivity index (χ4v) is 3.30.